The zero-order valence-corrected chi connectivity index (χ0v) is 18.9. The second kappa shape index (κ2) is 9.53. The molecule has 182 valence electrons. The number of nitrogens with zero attached hydrogens (tertiary/aromatic N) is 4. The normalized spacial score (nSPS) is 14.2. The Labute approximate surface area is 199 Å². The van der Waals surface area contributed by atoms with Gasteiger partial charge in [-0.25, -0.2) is 18.7 Å². The highest BCUT2D eigenvalue weighted by Gasteiger charge is 2.19. The Morgan fingerprint density at radius 3 is 2.51 bits per heavy atom. The van der Waals surface area contributed by atoms with E-state index < -0.39 is 24.0 Å². The molecule has 35 heavy (non-hydrogen) atoms. The Hall–Kier alpha value is -3.66. The number of aryl methyl sites for hydroxylation is 1. The third-order valence-electron chi connectivity index (χ3n) is 6.08. The maximum Gasteiger partial charge on any atom is 0.387 e. The van der Waals surface area contributed by atoms with E-state index in [9.17, 15) is 17.6 Å². The van der Waals surface area contributed by atoms with E-state index in [1.54, 1.807) is 11.5 Å². The third-order valence-corrected chi connectivity index (χ3v) is 6.08. The van der Waals surface area contributed by atoms with E-state index in [1.165, 1.54) is 0 Å². The van der Waals surface area contributed by atoms with Gasteiger partial charge in [-0.1, -0.05) is 6.07 Å². The molecule has 3 heterocycles. The van der Waals surface area contributed by atoms with E-state index in [4.69, 9.17) is 0 Å². The minimum atomic E-state index is -3.24. The van der Waals surface area contributed by atoms with Gasteiger partial charge in [0.25, 0.3) is 0 Å². The smallest absolute Gasteiger partial charge is 0.387 e. The van der Waals surface area contributed by atoms with Crippen molar-refractivity contribution in [2.45, 2.75) is 20.1 Å². The van der Waals surface area contributed by atoms with Gasteiger partial charge in [0.1, 0.15) is 17.5 Å². The van der Waals surface area contributed by atoms with Gasteiger partial charge in [-0.15, -0.1) is 0 Å². The molecule has 0 spiro atoms. The van der Waals surface area contributed by atoms with Crippen molar-refractivity contribution < 1.29 is 22.3 Å². The number of piperazine rings is 1. The Kier molecular flexibility index (Phi) is 6.29. The van der Waals surface area contributed by atoms with Crippen LogP contribution in [0.2, 0.25) is 0 Å². The van der Waals surface area contributed by atoms with Gasteiger partial charge >= 0.3 is 6.61 Å². The average molecular weight is 485 g/mol. The lowest BCUT2D eigenvalue weighted by Crippen LogP contribution is -2.43. The summed E-state index contributed by atoms with van der Waals surface area (Å²) in [7, 11) is 0. The molecule has 0 saturated carbocycles. The standard InChI is InChI=1S/C25H23F4N5O/c1-15-32-21-4-2-16(17-3-5-23(31-13-17)33-8-6-30-7-9-33)11-22(21)34(15)14-18-10-19(26)12-20(27)24(18)35-25(28)29/h2-5,10-13,25,30H,6-9,14H2,1H3. The number of hydrogen-bond donors (Lipinski definition) is 1. The first-order valence-electron chi connectivity index (χ1n) is 11.2. The molecule has 4 aromatic rings. The molecule has 1 saturated heterocycles. The summed E-state index contributed by atoms with van der Waals surface area (Å²) in [6.45, 7) is 2.04. The van der Waals surface area contributed by atoms with Crippen LogP contribution < -0.4 is 15.0 Å². The molecular weight excluding hydrogens is 462 g/mol. The number of alkyl halides is 2. The molecule has 10 heteroatoms. The summed E-state index contributed by atoms with van der Waals surface area (Å²) in [5.41, 5.74) is 3.10. The lowest BCUT2D eigenvalue weighted by atomic mass is 10.1. The predicted molar refractivity (Wildman–Crippen MR) is 125 cm³/mol. The van der Waals surface area contributed by atoms with Crippen molar-refractivity contribution in [1.82, 2.24) is 19.9 Å². The highest BCUT2D eigenvalue weighted by molar-refractivity contribution is 5.83. The number of benzene rings is 2. The van der Waals surface area contributed by atoms with Crippen LogP contribution in [0.25, 0.3) is 22.2 Å². The monoisotopic (exact) mass is 485 g/mol. The van der Waals surface area contributed by atoms with E-state index in [0.717, 1.165) is 49.2 Å². The fourth-order valence-electron chi connectivity index (χ4n) is 4.38. The average Bonchev–Trinajstić information content (AvgIpc) is 3.16. The number of imidazole rings is 1. The minimum Gasteiger partial charge on any atom is -0.431 e. The van der Waals surface area contributed by atoms with Crippen LogP contribution in [0.1, 0.15) is 11.4 Å². The SMILES string of the molecule is Cc1nc2ccc(-c3ccc(N4CCNCC4)nc3)cc2n1Cc1cc(F)cc(F)c1OC(F)F. The van der Waals surface area contributed by atoms with Crippen molar-refractivity contribution in [3.05, 3.63) is 71.7 Å². The first kappa shape index (κ1) is 23.1. The largest absolute Gasteiger partial charge is 0.431 e. The maximum atomic E-state index is 14.2. The molecule has 0 atom stereocenters. The molecule has 0 bridgehead atoms. The summed E-state index contributed by atoms with van der Waals surface area (Å²) < 4.78 is 60.0. The van der Waals surface area contributed by atoms with Crippen molar-refractivity contribution in [1.29, 1.82) is 0 Å². The van der Waals surface area contributed by atoms with Crippen LogP contribution in [0, 0.1) is 18.6 Å². The van der Waals surface area contributed by atoms with E-state index in [0.29, 0.717) is 22.9 Å². The molecular formula is C25H23F4N5O. The van der Waals surface area contributed by atoms with Crippen molar-refractivity contribution in [3.63, 3.8) is 0 Å². The summed E-state index contributed by atoms with van der Waals surface area (Å²) >= 11 is 0. The molecule has 2 aromatic carbocycles. The number of anilines is 1. The quantitative estimate of drug-likeness (QED) is 0.400. The fraction of sp³-hybridized carbons (Fsp3) is 0.280. The first-order valence-corrected chi connectivity index (χ1v) is 11.2. The predicted octanol–water partition coefficient (Wildman–Crippen LogP) is 4.74. The van der Waals surface area contributed by atoms with E-state index in [-0.39, 0.29) is 12.1 Å². The van der Waals surface area contributed by atoms with Crippen LogP contribution in [-0.4, -0.2) is 47.3 Å². The highest BCUT2D eigenvalue weighted by atomic mass is 19.3. The topological polar surface area (TPSA) is 55.2 Å². The molecule has 0 aliphatic carbocycles. The number of halogens is 4. The van der Waals surface area contributed by atoms with E-state index >= 15 is 0 Å². The second-order valence-corrected chi connectivity index (χ2v) is 8.35. The fourth-order valence-corrected chi connectivity index (χ4v) is 4.38. The van der Waals surface area contributed by atoms with Crippen molar-refractivity contribution in [3.8, 4) is 16.9 Å². The zero-order chi connectivity index (χ0) is 24.5. The van der Waals surface area contributed by atoms with Crippen molar-refractivity contribution in [2.24, 2.45) is 0 Å². The summed E-state index contributed by atoms with van der Waals surface area (Å²) in [5.74, 6) is -1.25. The molecule has 6 nitrogen and oxygen atoms in total. The highest BCUT2D eigenvalue weighted by Crippen LogP contribution is 2.30. The van der Waals surface area contributed by atoms with E-state index in [2.05, 4.69) is 24.9 Å². The van der Waals surface area contributed by atoms with Crippen molar-refractivity contribution in [2.75, 3.05) is 31.1 Å². The number of nitrogens with one attached hydrogen (secondary N) is 1. The van der Waals surface area contributed by atoms with Gasteiger partial charge in [0, 0.05) is 49.6 Å². The molecule has 5 rings (SSSR count). The molecule has 1 aliphatic rings. The molecule has 2 aromatic heterocycles. The molecule has 1 fully saturated rings. The van der Waals surface area contributed by atoms with Gasteiger partial charge in [-0.05, 0) is 42.8 Å². The van der Waals surface area contributed by atoms with Crippen LogP contribution in [-0.2, 0) is 6.54 Å². The lowest BCUT2D eigenvalue weighted by molar-refractivity contribution is -0.0529. The molecule has 1 aliphatic heterocycles. The van der Waals surface area contributed by atoms with Gasteiger partial charge < -0.3 is 19.5 Å². The Bertz CT molecular complexity index is 1350. The van der Waals surface area contributed by atoms with Gasteiger partial charge in [0.2, 0.25) is 0 Å². The van der Waals surface area contributed by atoms with Gasteiger partial charge in [-0.2, -0.15) is 8.78 Å². The Morgan fingerprint density at radius 1 is 1.03 bits per heavy atom. The number of rotatable bonds is 6. The van der Waals surface area contributed by atoms with Crippen LogP contribution >= 0.6 is 0 Å². The summed E-state index contributed by atoms with van der Waals surface area (Å²) in [6.07, 6.45) is 1.81. The van der Waals surface area contributed by atoms with Crippen LogP contribution in [0.5, 0.6) is 5.75 Å². The summed E-state index contributed by atoms with van der Waals surface area (Å²) in [5, 5.41) is 3.32. The first-order chi connectivity index (χ1) is 16.9. The number of ether oxygens (including phenoxy) is 1. The zero-order valence-electron chi connectivity index (χ0n) is 18.9. The lowest BCUT2D eigenvalue weighted by Gasteiger charge is -2.28. The number of hydrogen-bond acceptors (Lipinski definition) is 5. The van der Waals surface area contributed by atoms with Crippen LogP contribution in [0.15, 0.2) is 48.7 Å². The van der Waals surface area contributed by atoms with Gasteiger partial charge in [0.15, 0.2) is 11.6 Å². The molecule has 1 N–H and O–H groups in total. The summed E-state index contributed by atoms with van der Waals surface area (Å²) in [4.78, 5) is 11.4. The third kappa shape index (κ3) is 4.79. The maximum absolute atomic E-state index is 14.2. The molecule has 0 amide bonds. The second-order valence-electron chi connectivity index (χ2n) is 8.35. The Morgan fingerprint density at radius 2 is 1.80 bits per heavy atom. The van der Waals surface area contributed by atoms with Crippen LogP contribution in [0.4, 0.5) is 23.4 Å². The number of pyridine rings is 1. The van der Waals surface area contributed by atoms with E-state index in [1.807, 2.05) is 36.5 Å². The Balaban J connectivity index is 1.49. The number of aromatic nitrogens is 3. The van der Waals surface area contributed by atoms with Gasteiger partial charge in [0.05, 0.1) is 17.6 Å². The van der Waals surface area contributed by atoms with Crippen molar-refractivity contribution >= 4 is 16.9 Å². The molecule has 0 unspecified atom stereocenters. The van der Waals surface area contributed by atoms with Crippen LogP contribution in [0.3, 0.4) is 0 Å². The van der Waals surface area contributed by atoms with Gasteiger partial charge in [-0.3, -0.25) is 0 Å². The number of fused-ring (bicyclic) bond motifs is 1. The summed E-state index contributed by atoms with van der Waals surface area (Å²) in [6, 6.07) is 11.2. The molecule has 0 radical (unpaired) electrons. The minimum absolute atomic E-state index is 0.0438.